The fourth-order valence-corrected chi connectivity index (χ4v) is 12.5. The van der Waals surface area contributed by atoms with Crippen molar-refractivity contribution in [2.45, 2.75) is 411 Å². The summed E-state index contributed by atoms with van der Waals surface area (Å²) in [7, 11) is 1.27. The molecule has 0 radical (unpaired) electrons. The summed E-state index contributed by atoms with van der Waals surface area (Å²) in [6.07, 6.45) is 87.7. The van der Waals surface area contributed by atoms with E-state index in [4.69, 9.17) is 9.05 Å². The van der Waals surface area contributed by atoms with E-state index in [9.17, 15) is 19.4 Å². The Bertz CT molecular complexity index is 1420. The summed E-state index contributed by atoms with van der Waals surface area (Å²) in [4.78, 5) is 25.7. The van der Waals surface area contributed by atoms with E-state index in [0.29, 0.717) is 17.4 Å². The predicted octanol–water partition coefficient (Wildman–Crippen LogP) is 23.6. The van der Waals surface area contributed by atoms with Gasteiger partial charge in [-0.15, -0.1) is 0 Å². The molecule has 84 heavy (non-hydrogen) atoms. The van der Waals surface area contributed by atoms with Crippen LogP contribution in [0.15, 0.2) is 24.3 Å². The highest BCUT2D eigenvalue weighted by atomic mass is 31.2. The molecular weight excluding hydrogens is 1060 g/mol. The van der Waals surface area contributed by atoms with Crippen LogP contribution >= 0.6 is 7.82 Å². The summed E-state index contributed by atoms with van der Waals surface area (Å²) in [5.41, 5.74) is 0. The Labute approximate surface area is 525 Å². The molecule has 2 N–H and O–H groups in total. The number of nitrogens with one attached hydrogen (secondary N) is 1. The first kappa shape index (κ1) is 83.0. The number of amides is 1. The Balaban J connectivity index is 4.02. The molecule has 0 saturated heterocycles. The Morgan fingerprint density at radius 3 is 0.964 bits per heavy atom. The minimum Gasteiger partial charge on any atom is -0.756 e. The first-order valence-electron chi connectivity index (χ1n) is 37.7. The zero-order chi connectivity index (χ0) is 61.2. The smallest absolute Gasteiger partial charge is 0.268 e. The van der Waals surface area contributed by atoms with Gasteiger partial charge in [-0.1, -0.05) is 385 Å². The minimum atomic E-state index is -4.61. The van der Waals surface area contributed by atoms with E-state index in [-0.39, 0.29) is 19.1 Å². The van der Waals surface area contributed by atoms with Gasteiger partial charge in [0.05, 0.1) is 39.9 Å². The molecule has 9 heteroatoms. The Morgan fingerprint density at radius 2 is 0.667 bits per heavy atom. The third kappa shape index (κ3) is 68.5. The number of quaternary nitrogens is 1. The van der Waals surface area contributed by atoms with E-state index in [1.165, 1.54) is 340 Å². The summed E-state index contributed by atoms with van der Waals surface area (Å²) in [5.74, 6) is -0.197. The van der Waals surface area contributed by atoms with Gasteiger partial charge in [-0.3, -0.25) is 9.36 Å². The van der Waals surface area contributed by atoms with Crippen molar-refractivity contribution in [3.8, 4) is 0 Å². The second-order valence-corrected chi connectivity index (χ2v) is 28.8. The lowest BCUT2D eigenvalue weighted by Gasteiger charge is -2.29. The van der Waals surface area contributed by atoms with Crippen molar-refractivity contribution < 1.29 is 32.9 Å². The molecule has 8 nitrogen and oxygen atoms in total. The van der Waals surface area contributed by atoms with Crippen LogP contribution in [0.2, 0.25) is 0 Å². The zero-order valence-corrected chi connectivity index (χ0v) is 58.3. The van der Waals surface area contributed by atoms with E-state index in [0.717, 1.165) is 38.5 Å². The second-order valence-electron chi connectivity index (χ2n) is 27.4. The Kier molecular flexibility index (Phi) is 65.6. The summed E-state index contributed by atoms with van der Waals surface area (Å²) in [5, 5.41) is 14.0. The summed E-state index contributed by atoms with van der Waals surface area (Å²) < 4.78 is 23.5. The lowest BCUT2D eigenvalue weighted by atomic mass is 10.0. The average molecular weight is 1210 g/mol. The average Bonchev–Trinajstić information content (AvgIpc) is 3.56. The molecule has 3 atom stereocenters. The lowest BCUT2D eigenvalue weighted by Crippen LogP contribution is -2.45. The van der Waals surface area contributed by atoms with Gasteiger partial charge in [0, 0.05) is 6.42 Å². The van der Waals surface area contributed by atoms with Crippen LogP contribution in [0.1, 0.15) is 399 Å². The van der Waals surface area contributed by atoms with Gasteiger partial charge in [0.15, 0.2) is 0 Å². The largest absolute Gasteiger partial charge is 0.756 e. The number of phosphoric ester groups is 1. The number of nitrogens with zero attached hydrogens (tertiary/aromatic N) is 1. The molecule has 0 aliphatic heterocycles. The van der Waals surface area contributed by atoms with Gasteiger partial charge in [-0.25, -0.2) is 0 Å². The maximum absolute atomic E-state index is 13.1. The standard InChI is InChI=1S/C75H149N2O6P/c1-6-8-10-12-14-16-18-20-22-24-26-28-30-32-34-36-38-40-42-44-46-48-50-52-54-56-58-60-62-64-66-68-74(78)73(72-83-84(80,81)82-71-70-77(3,4)5)76-75(79)69-67-65-63-61-59-57-55-53-51-49-47-45-43-41-39-37-35-33-31-29-27-25-23-21-19-17-15-13-11-9-7-2/h58,60,66,68,73-74,78H,6-57,59,61-65,67,69-72H2,1-5H3,(H-,76,79,80,81)/b60-58+,68-66+. The van der Waals surface area contributed by atoms with Gasteiger partial charge < -0.3 is 28.8 Å². The van der Waals surface area contributed by atoms with Crippen LogP contribution in [0.3, 0.4) is 0 Å². The van der Waals surface area contributed by atoms with Crippen molar-refractivity contribution in [2.75, 3.05) is 40.9 Å². The quantitative estimate of drug-likeness (QED) is 0.0272. The van der Waals surface area contributed by atoms with E-state index < -0.39 is 20.0 Å². The molecule has 0 rings (SSSR count). The van der Waals surface area contributed by atoms with Gasteiger partial charge in [0.25, 0.3) is 7.82 Å². The van der Waals surface area contributed by atoms with Crippen LogP contribution in [-0.2, 0) is 18.4 Å². The Hall–Kier alpha value is -1.02. The molecule has 0 aliphatic carbocycles. The minimum absolute atomic E-state index is 0.00331. The fraction of sp³-hybridized carbons (Fsp3) is 0.933. The van der Waals surface area contributed by atoms with Crippen LogP contribution in [0, 0.1) is 0 Å². The monoisotopic (exact) mass is 1210 g/mol. The van der Waals surface area contributed by atoms with Gasteiger partial charge >= 0.3 is 0 Å². The van der Waals surface area contributed by atoms with E-state index in [1.54, 1.807) is 6.08 Å². The van der Waals surface area contributed by atoms with Crippen molar-refractivity contribution in [2.24, 2.45) is 0 Å². The van der Waals surface area contributed by atoms with E-state index in [2.05, 4.69) is 31.3 Å². The van der Waals surface area contributed by atoms with Crippen molar-refractivity contribution in [3.05, 3.63) is 24.3 Å². The van der Waals surface area contributed by atoms with Gasteiger partial charge in [0.2, 0.25) is 5.91 Å². The molecule has 0 bridgehead atoms. The van der Waals surface area contributed by atoms with Crippen LogP contribution in [0.25, 0.3) is 0 Å². The molecule has 0 aromatic rings. The number of allylic oxidation sites excluding steroid dienone is 3. The van der Waals surface area contributed by atoms with Gasteiger partial charge in [-0.2, -0.15) is 0 Å². The molecule has 500 valence electrons. The summed E-state index contributed by atoms with van der Waals surface area (Å²) >= 11 is 0. The lowest BCUT2D eigenvalue weighted by molar-refractivity contribution is -0.870. The highest BCUT2D eigenvalue weighted by Crippen LogP contribution is 2.38. The molecule has 0 aromatic heterocycles. The number of carbonyl (C=O) groups is 1. The molecule has 1 amide bonds. The molecule has 0 aliphatic rings. The molecule has 0 fully saturated rings. The summed E-state index contributed by atoms with van der Waals surface area (Å²) in [6.45, 7) is 4.70. The fourth-order valence-electron chi connectivity index (χ4n) is 11.8. The molecule has 0 heterocycles. The first-order valence-corrected chi connectivity index (χ1v) is 39.2. The van der Waals surface area contributed by atoms with Crippen molar-refractivity contribution in [1.29, 1.82) is 0 Å². The van der Waals surface area contributed by atoms with Crippen LogP contribution in [0.5, 0.6) is 0 Å². The predicted molar refractivity (Wildman–Crippen MR) is 367 cm³/mol. The maximum atomic E-state index is 13.1. The number of hydrogen-bond acceptors (Lipinski definition) is 6. The highest BCUT2D eigenvalue weighted by molar-refractivity contribution is 7.45. The number of carbonyl (C=O) groups excluding carboxylic acids is 1. The number of unbranched alkanes of at least 4 members (excludes halogenated alkanes) is 56. The van der Waals surface area contributed by atoms with Crippen LogP contribution in [-0.4, -0.2) is 68.5 Å². The van der Waals surface area contributed by atoms with Crippen molar-refractivity contribution in [3.63, 3.8) is 0 Å². The number of phosphoric acid groups is 1. The molecular formula is C75H149N2O6P. The first-order chi connectivity index (χ1) is 41.0. The highest BCUT2D eigenvalue weighted by Gasteiger charge is 2.23. The second kappa shape index (κ2) is 66.4. The van der Waals surface area contributed by atoms with E-state index >= 15 is 0 Å². The number of likely N-dealkylation sites (N-methyl/N-ethyl adjacent to an activating group) is 1. The Morgan fingerprint density at radius 1 is 0.405 bits per heavy atom. The number of hydrogen-bond donors (Lipinski definition) is 2. The molecule has 0 aromatic carbocycles. The van der Waals surface area contributed by atoms with E-state index in [1.807, 2.05) is 27.2 Å². The van der Waals surface area contributed by atoms with Gasteiger partial charge in [0.1, 0.15) is 13.2 Å². The van der Waals surface area contributed by atoms with Crippen molar-refractivity contribution in [1.82, 2.24) is 5.32 Å². The number of aliphatic hydroxyl groups is 1. The molecule has 0 saturated carbocycles. The molecule has 0 spiro atoms. The van der Waals surface area contributed by atoms with Gasteiger partial charge in [-0.05, 0) is 32.1 Å². The zero-order valence-electron chi connectivity index (χ0n) is 57.4. The maximum Gasteiger partial charge on any atom is 0.268 e. The van der Waals surface area contributed by atoms with Crippen LogP contribution in [0.4, 0.5) is 0 Å². The SMILES string of the molecule is CCCCCCCCCCCCCCCCCCCCCCCCCCC/C=C/CC/C=C/C(O)C(COP(=O)([O-])OCC[N+](C)(C)C)NC(=O)CCCCCCCCCCCCCCCCCCCCCCCCCCCCCCCCC. The normalized spacial score (nSPS) is 13.7. The van der Waals surface area contributed by atoms with Crippen LogP contribution < -0.4 is 10.2 Å². The number of aliphatic hydroxyl groups excluding tert-OH is 1. The number of rotatable bonds is 71. The molecule has 3 unspecified atom stereocenters. The van der Waals surface area contributed by atoms with Crippen molar-refractivity contribution >= 4 is 13.7 Å². The summed E-state index contributed by atoms with van der Waals surface area (Å²) in [6, 6.07) is -0.902. The third-order valence-electron chi connectivity index (χ3n) is 17.7. The topological polar surface area (TPSA) is 108 Å². The third-order valence-corrected chi connectivity index (χ3v) is 18.6.